The van der Waals surface area contributed by atoms with Gasteiger partial charge in [-0.05, 0) is 43.2 Å². The minimum atomic E-state index is -0.690. The molecule has 0 spiro atoms. The van der Waals surface area contributed by atoms with E-state index in [0.29, 0.717) is 25.0 Å². The molecule has 6 nitrogen and oxygen atoms in total. The molecule has 0 saturated carbocycles. The molecule has 3 atom stereocenters. The Morgan fingerprint density at radius 2 is 1.77 bits per heavy atom. The summed E-state index contributed by atoms with van der Waals surface area (Å²) in [5.74, 6) is -0.0792. The molecule has 0 bridgehead atoms. The number of rotatable bonds is 18. The van der Waals surface area contributed by atoms with E-state index in [1.165, 1.54) is 45.2 Å². The van der Waals surface area contributed by atoms with Gasteiger partial charge in [0, 0.05) is 12.2 Å². The lowest BCUT2D eigenvalue weighted by Gasteiger charge is -2.23. The molecule has 0 amide bonds. The molecule has 1 aromatic carbocycles. The molecule has 0 aromatic heterocycles. The first-order valence-electron chi connectivity index (χ1n) is 12.5. The van der Waals surface area contributed by atoms with Crippen molar-refractivity contribution in [3.05, 3.63) is 53.6 Å². The van der Waals surface area contributed by atoms with Crippen LogP contribution >= 0.6 is 11.8 Å². The molecule has 2 N–H and O–H groups in total. The first kappa shape index (κ1) is 30.9. The molecular weight excluding hydrogens is 464 g/mol. The van der Waals surface area contributed by atoms with E-state index in [0.717, 1.165) is 17.5 Å². The van der Waals surface area contributed by atoms with Gasteiger partial charge < -0.3 is 19.7 Å². The highest BCUT2D eigenvalue weighted by atomic mass is 32.2. The average molecular weight is 507 g/mol. The van der Waals surface area contributed by atoms with Crippen molar-refractivity contribution < 1.29 is 29.3 Å². The highest BCUT2D eigenvalue weighted by molar-refractivity contribution is 7.99. The first-order chi connectivity index (χ1) is 16.9. The number of carbonyl (C=O) groups excluding carboxylic acids is 2. The van der Waals surface area contributed by atoms with Gasteiger partial charge in [0.1, 0.15) is 0 Å². The van der Waals surface area contributed by atoms with Crippen LogP contribution in [0.1, 0.15) is 81.1 Å². The van der Waals surface area contributed by atoms with E-state index in [-0.39, 0.29) is 30.0 Å². The van der Waals surface area contributed by atoms with Gasteiger partial charge in [-0.1, -0.05) is 68.3 Å². The topological polar surface area (TPSA) is 93.1 Å². The van der Waals surface area contributed by atoms with Crippen LogP contribution in [0.3, 0.4) is 0 Å². The number of aliphatic hydroxyl groups excluding tert-OH is 2. The van der Waals surface area contributed by atoms with E-state index >= 15 is 0 Å². The van der Waals surface area contributed by atoms with Crippen LogP contribution in [0.25, 0.3) is 6.08 Å². The maximum Gasteiger partial charge on any atom is 0.306 e. The summed E-state index contributed by atoms with van der Waals surface area (Å²) in [4.78, 5) is 23.0. The van der Waals surface area contributed by atoms with Crippen LogP contribution in [-0.2, 0) is 19.1 Å². The van der Waals surface area contributed by atoms with E-state index < -0.39 is 12.2 Å². The number of aliphatic hydroxyl groups is 2. The SMILES string of the molecule is CCCCC/C=C\CC(O)/C=C/c1cccc(C(SCCC(=O)OC)C(O)CCCC(=O)OC)c1. The van der Waals surface area contributed by atoms with Crippen molar-refractivity contribution >= 4 is 29.8 Å². The van der Waals surface area contributed by atoms with E-state index in [9.17, 15) is 19.8 Å². The van der Waals surface area contributed by atoms with E-state index in [1.807, 2.05) is 36.4 Å². The summed E-state index contributed by atoms with van der Waals surface area (Å²) in [6.07, 6.45) is 13.3. The molecule has 0 radical (unpaired) electrons. The minimum Gasteiger partial charge on any atom is -0.469 e. The second kappa shape index (κ2) is 19.1. The quantitative estimate of drug-likeness (QED) is 0.151. The number of carbonyl (C=O) groups is 2. The second-order valence-electron chi connectivity index (χ2n) is 8.45. The number of esters is 2. The maximum absolute atomic E-state index is 11.5. The molecule has 1 rings (SSSR count). The Balaban J connectivity index is 2.80. The van der Waals surface area contributed by atoms with Crippen LogP contribution in [0, 0.1) is 0 Å². The number of thioether (sulfide) groups is 1. The van der Waals surface area contributed by atoms with E-state index in [4.69, 9.17) is 4.74 Å². The van der Waals surface area contributed by atoms with Gasteiger partial charge in [-0.3, -0.25) is 9.59 Å². The largest absolute Gasteiger partial charge is 0.469 e. The lowest BCUT2D eigenvalue weighted by molar-refractivity contribution is -0.141. The van der Waals surface area contributed by atoms with Crippen molar-refractivity contribution in [2.45, 2.75) is 82.2 Å². The molecule has 0 saturated heterocycles. The number of ether oxygens (including phenoxy) is 2. The predicted molar refractivity (Wildman–Crippen MR) is 143 cm³/mol. The Hall–Kier alpha value is -2.09. The van der Waals surface area contributed by atoms with Crippen molar-refractivity contribution in [3.63, 3.8) is 0 Å². The van der Waals surface area contributed by atoms with Gasteiger partial charge in [0.2, 0.25) is 0 Å². The summed E-state index contributed by atoms with van der Waals surface area (Å²) in [5, 5.41) is 20.9. The van der Waals surface area contributed by atoms with E-state index in [1.54, 1.807) is 6.08 Å². The summed E-state index contributed by atoms with van der Waals surface area (Å²) < 4.78 is 9.40. The molecule has 196 valence electrons. The summed E-state index contributed by atoms with van der Waals surface area (Å²) in [6, 6.07) is 7.81. The van der Waals surface area contributed by atoms with Gasteiger partial charge in [0.25, 0.3) is 0 Å². The lowest BCUT2D eigenvalue weighted by atomic mass is 10.0. The fourth-order valence-corrected chi connectivity index (χ4v) is 4.75. The van der Waals surface area contributed by atoms with Gasteiger partial charge >= 0.3 is 11.9 Å². The third-order valence-electron chi connectivity index (χ3n) is 5.56. The minimum absolute atomic E-state index is 0.251. The van der Waals surface area contributed by atoms with Gasteiger partial charge in [0.15, 0.2) is 0 Å². The number of unbranched alkanes of at least 4 members (excludes halogenated alkanes) is 3. The lowest BCUT2D eigenvalue weighted by Crippen LogP contribution is -2.18. The molecule has 0 aliphatic heterocycles. The molecule has 7 heteroatoms. The first-order valence-corrected chi connectivity index (χ1v) is 13.5. The summed E-state index contributed by atoms with van der Waals surface area (Å²) >= 11 is 1.49. The zero-order valence-corrected chi connectivity index (χ0v) is 22.2. The zero-order valence-electron chi connectivity index (χ0n) is 21.4. The summed E-state index contributed by atoms with van der Waals surface area (Å²) in [6.45, 7) is 2.18. The van der Waals surface area contributed by atoms with Gasteiger partial charge in [-0.15, -0.1) is 0 Å². The Morgan fingerprint density at radius 3 is 2.49 bits per heavy atom. The number of hydrogen-bond donors (Lipinski definition) is 2. The predicted octanol–water partition coefficient (Wildman–Crippen LogP) is 5.63. The molecule has 1 aromatic rings. The fourth-order valence-electron chi connectivity index (χ4n) is 3.52. The van der Waals surface area contributed by atoms with Gasteiger partial charge in [0.05, 0.1) is 38.1 Å². The summed E-state index contributed by atoms with van der Waals surface area (Å²) in [5.41, 5.74) is 1.85. The van der Waals surface area contributed by atoms with Crippen molar-refractivity contribution in [3.8, 4) is 0 Å². The highest BCUT2D eigenvalue weighted by Crippen LogP contribution is 2.35. The summed E-state index contributed by atoms with van der Waals surface area (Å²) in [7, 11) is 2.71. The molecule has 3 unspecified atom stereocenters. The number of benzene rings is 1. The van der Waals surface area contributed by atoms with Crippen molar-refractivity contribution in [2.75, 3.05) is 20.0 Å². The Labute approximate surface area is 214 Å². The standard InChI is InChI=1S/C28H42O6S/c1-4-5-6-7-8-9-14-24(29)18-17-22-12-10-13-23(21-22)28(35-20-19-27(32)34-3)25(30)15-11-16-26(31)33-2/h8-10,12-13,17-18,21,24-25,28-30H,4-7,11,14-16,19-20H2,1-3H3/b9-8-,18-17+. The number of hydrogen-bond acceptors (Lipinski definition) is 7. The normalized spacial score (nSPS) is 14.2. The van der Waals surface area contributed by atoms with Crippen LogP contribution in [0.5, 0.6) is 0 Å². The van der Waals surface area contributed by atoms with Gasteiger partial charge in [-0.2, -0.15) is 11.8 Å². The molecule has 0 aliphatic carbocycles. The van der Waals surface area contributed by atoms with Crippen molar-refractivity contribution in [2.24, 2.45) is 0 Å². The van der Waals surface area contributed by atoms with E-state index in [2.05, 4.69) is 17.7 Å². The second-order valence-corrected chi connectivity index (χ2v) is 9.70. The highest BCUT2D eigenvalue weighted by Gasteiger charge is 2.22. The number of methoxy groups -OCH3 is 2. The molecule has 35 heavy (non-hydrogen) atoms. The van der Waals surface area contributed by atoms with Crippen LogP contribution in [0.2, 0.25) is 0 Å². The molecule has 0 fully saturated rings. The van der Waals surface area contributed by atoms with Gasteiger partial charge in [-0.25, -0.2) is 0 Å². The molecule has 0 aliphatic rings. The maximum atomic E-state index is 11.5. The Morgan fingerprint density at radius 1 is 1.03 bits per heavy atom. The third kappa shape index (κ3) is 14.2. The van der Waals surface area contributed by atoms with Crippen LogP contribution in [0.15, 0.2) is 42.5 Å². The molecular formula is C28H42O6S. The monoisotopic (exact) mass is 506 g/mol. The molecule has 0 heterocycles. The number of allylic oxidation sites excluding steroid dienone is 1. The fraction of sp³-hybridized carbons (Fsp3) is 0.571. The van der Waals surface area contributed by atoms with Crippen molar-refractivity contribution in [1.82, 2.24) is 0 Å². The van der Waals surface area contributed by atoms with Crippen LogP contribution < -0.4 is 0 Å². The van der Waals surface area contributed by atoms with Crippen LogP contribution in [0.4, 0.5) is 0 Å². The average Bonchev–Trinajstić information content (AvgIpc) is 2.87. The smallest absolute Gasteiger partial charge is 0.306 e. The van der Waals surface area contributed by atoms with Crippen LogP contribution in [-0.4, -0.2) is 54.3 Å². The third-order valence-corrected chi connectivity index (χ3v) is 6.94. The zero-order chi connectivity index (χ0) is 25.9. The van der Waals surface area contributed by atoms with Crippen molar-refractivity contribution in [1.29, 1.82) is 0 Å². The Bertz CT molecular complexity index is 791. The Kier molecular flexibility index (Phi) is 16.9.